The molecule has 0 spiro atoms. The number of unbranched alkanes of at least 4 members (excludes halogenated alkanes) is 1. The number of thioether (sulfide) groups is 1. The predicted octanol–water partition coefficient (Wildman–Crippen LogP) is 4.62. The number of thiophene rings is 1. The Kier molecular flexibility index (Phi) is 6.43. The number of hydrogen-bond acceptors (Lipinski definition) is 7. The highest BCUT2D eigenvalue weighted by Gasteiger charge is 2.31. The molecule has 2 aromatic rings. The van der Waals surface area contributed by atoms with Gasteiger partial charge in [-0.05, 0) is 32.3 Å². The van der Waals surface area contributed by atoms with E-state index in [4.69, 9.17) is 14.7 Å². The van der Waals surface area contributed by atoms with Crippen molar-refractivity contribution in [1.82, 2.24) is 9.97 Å². The van der Waals surface area contributed by atoms with Gasteiger partial charge >= 0.3 is 0 Å². The maximum Gasteiger partial charge on any atom is 0.190 e. The summed E-state index contributed by atoms with van der Waals surface area (Å²) in [4.78, 5) is 11.9. The van der Waals surface area contributed by atoms with Crippen molar-refractivity contribution >= 4 is 39.1 Å². The van der Waals surface area contributed by atoms with E-state index in [-0.39, 0.29) is 18.2 Å². The second kappa shape index (κ2) is 8.42. The van der Waals surface area contributed by atoms with Crippen molar-refractivity contribution in [2.45, 2.75) is 76.8 Å². The van der Waals surface area contributed by atoms with Crippen molar-refractivity contribution in [2.75, 3.05) is 17.7 Å². The zero-order chi connectivity index (χ0) is 18.7. The van der Waals surface area contributed by atoms with Gasteiger partial charge in [-0.3, -0.25) is 0 Å². The van der Waals surface area contributed by atoms with Gasteiger partial charge in [0.25, 0.3) is 0 Å². The van der Waals surface area contributed by atoms with Gasteiger partial charge in [0.2, 0.25) is 0 Å². The minimum atomic E-state index is -0.173. The molecule has 0 bridgehead atoms. The Labute approximate surface area is 164 Å². The molecular weight excluding hydrogens is 366 g/mol. The number of fused-ring (bicyclic) bond motifs is 3. The van der Waals surface area contributed by atoms with E-state index in [1.54, 1.807) is 23.1 Å². The van der Waals surface area contributed by atoms with Crippen LogP contribution in [0.5, 0.6) is 0 Å². The fraction of sp³-hybridized carbons (Fsp3) is 0.684. The number of hydrogen-bond donors (Lipinski definition) is 2. The fourth-order valence-corrected chi connectivity index (χ4v) is 5.16. The summed E-state index contributed by atoms with van der Waals surface area (Å²) in [5, 5.41) is 15.1. The van der Waals surface area contributed by atoms with E-state index in [1.807, 2.05) is 0 Å². The Morgan fingerprint density at radius 3 is 2.85 bits per heavy atom. The van der Waals surface area contributed by atoms with Crippen LogP contribution in [0.1, 0.15) is 57.4 Å². The smallest absolute Gasteiger partial charge is 0.190 e. The largest absolute Gasteiger partial charge is 0.394 e. The molecule has 0 unspecified atom stereocenters. The Bertz CT molecular complexity index is 757. The molecule has 0 aromatic carbocycles. The summed E-state index contributed by atoms with van der Waals surface area (Å²) < 4.78 is 5.99. The first-order chi connectivity index (χ1) is 12.5. The lowest BCUT2D eigenvalue weighted by molar-refractivity contribution is -0.0379. The van der Waals surface area contributed by atoms with E-state index in [9.17, 15) is 5.11 Å². The number of aromatic nitrogens is 2. The molecule has 2 N–H and O–H groups in total. The highest BCUT2D eigenvalue weighted by molar-refractivity contribution is 7.99. The van der Waals surface area contributed by atoms with Crippen molar-refractivity contribution < 1.29 is 9.84 Å². The summed E-state index contributed by atoms with van der Waals surface area (Å²) in [5.74, 6) is 1.89. The zero-order valence-corrected chi connectivity index (χ0v) is 17.7. The minimum absolute atomic E-state index is 0.00462. The van der Waals surface area contributed by atoms with E-state index in [2.05, 4.69) is 33.0 Å². The SMILES string of the molecule is CCCCSc1nc(N[C@H](CC)CO)c2c3c(sc2n1)COC(C)(C)C3. The Hall–Kier alpha value is -0.890. The lowest BCUT2D eigenvalue weighted by atomic mass is 9.94. The predicted molar refractivity (Wildman–Crippen MR) is 110 cm³/mol. The molecule has 3 rings (SSSR count). The first-order valence-corrected chi connectivity index (χ1v) is 11.2. The van der Waals surface area contributed by atoms with Crippen LogP contribution >= 0.6 is 23.1 Å². The minimum Gasteiger partial charge on any atom is -0.394 e. The zero-order valence-electron chi connectivity index (χ0n) is 16.1. The Morgan fingerprint density at radius 2 is 2.15 bits per heavy atom. The maximum absolute atomic E-state index is 9.65. The lowest BCUT2D eigenvalue weighted by Crippen LogP contribution is -2.31. The molecule has 144 valence electrons. The van der Waals surface area contributed by atoms with Crippen molar-refractivity contribution in [3.05, 3.63) is 10.4 Å². The second-order valence-electron chi connectivity index (χ2n) is 7.40. The van der Waals surface area contributed by atoms with Crippen LogP contribution in [0.3, 0.4) is 0 Å². The molecule has 0 amide bonds. The van der Waals surface area contributed by atoms with Gasteiger partial charge in [-0.15, -0.1) is 11.3 Å². The molecule has 0 radical (unpaired) electrons. The number of nitrogens with zero attached hydrogens (tertiary/aromatic N) is 2. The number of aliphatic hydroxyl groups is 1. The second-order valence-corrected chi connectivity index (χ2v) is 9.54. The van der Waals surface area contributed by atoms with Crippen LogP contribution in [-0.4, -0.2) is 39.1 Å². The molecule has 3 heterocycles. The van der Waals surface area contributed by atoms with Gasteiger partial charge in [-0.2, -0.15) is 0 Å². The van der Waals surface area contributed by atoms with Gasteiger partial charge in [-0.25, -0.2) is 9.97 Å². The molecule has 1 aliphatic rings. The third-order valence-electron chi connectivity index (χ3n) is 4.69. The van der Waals surface area contributed by atoms with Crippen LogP contribution in [-0.2, 0) is 17.8 Å². The van der Waals surface area contributed by atoms with Crippen molar-refractivity contribution in [1.29, 1.82) is 0 Å². The summed E-state index contributed by atoms with van der Waals surface area (Å²) in [6, 6.07) is 0.00462. The summed E-state index contributed by atoms with van der Waals surface area (Å²) >= 11 is 3.43. The highest BCUT2D eigenvalue weighted by atomic mass is 32.2. The molecule has 1 aliphatic heterocycles. The van der Waals surface area contributed by atoms with E-state index in [1.165, 1.54) is 16.9 Å². The van der Waals surface area contributed by atoms with Crippen LogP contribution in [0.15, 0.2) is 5.16 Å². The molecule has 2 aromatic heterocycles. The highest BCUT2D eigenvalue weighted by Crippen LogP contribution is 2.41. The average molecular weight is 396 g/mol. The third-order valence-corrected chi connectivity index (χ3v) is 6.73. The lowest BCUT2D eigenvalue weighted by Gasteiger charge is -2.30. The van der Waals surface area contributed by atoms with Gasteiger partial charge in [-0.1, -0.05) is 32.0 Å². The number of nitrogens with one attached hydrogen (secondary N) is 1. The van der Waals surface area contributed by atoms with Crippen LogP contribution < -0.4 is 5.32 Å². The van der Waals surface area contributed by atoms with Crippen LogP contribution in [0.4, 0.5) is 5.82 Å². The van der Waals surface area contributed by atoms with E-state index in [0.717, 1.165) is 46.2 Å². The van der Waals surface area contributed by atoms with E-state index < -0.39 is 0 Å². The van der Waals surface area contributed by atoms with E-state index >= 15 is 0 Å². The molecule has 1 atom stereocenters. The monoisotopic (exact) mass is 395 g/mol. The summed E-state index contributed by atoms with van der Waals surface area (Å²) in [6.07, 6.45) is 4.04. The normalized spacial score (nSPS) is 17.3. The number of rotatable bonds is 8. The molecular formula is C19H29N3O2S2. The van der Waals surface area contributed by atoms with Gasteiger partial charge in [0.15, 0.2) is 5.16 Å². The maximum atomic E-state index is 9.65. The van der Waals surface area contributed by atoms with Gasteiger partial charge in [0, 0.05) is 17.1 Å². The van der Waals surface area contributed by atoms with Crippen molar-refractivity contribution in [2.24, 2.45) is 0 Å². The van der Waals surface area contributed by atoms with Gasteiger partial charge in [0.05, 0.1) is 30.2 Å². The van der Waals surface area contributed by atoms with Crippen LogP contribution in [0.25, 0.3) is 10.2 Å². The molecule has 0 aliphatic carbocycles. The third kappa shape index (κ3) is 4.32. The molecule has 5 nitrogen and oxygen atoms in total. The van der Waals surface area contributed by atoms with Gasteiger partial charge < -0.3 is 15.2 Å². The summed E-state index contributed by atoms with van der Waals surface area (Å²) in [7, 11) is 0. The molecule has 7 heteroatoms. The number of anilines is 1. The molecule has 0 fully saturated rings. The topological polar surface area (TPSA) is 67.3 Å². The first kappa shape index (κ1) is 19.9. The van der Waals surface area contributed by atoms with E-state index in [0.29, 0.717) is 6.61 Å². The van der Waals surface area contributed by atoms with Gasteiger partial charge in [0.1, 0.15) is 10.6 Å². The Morgan fingerprint density at radius 1 is 1.35 bits per heavy atom. The van der Waals surface area contributed by atoms with Crippen LogP contribution in [0.2, 0.25) is 0 Å². The van der Waals surface area contributed by atoms with Crippen molar-refractivity contribution in [3.63, 3.8) is 0 Å². The molecule has 26 heavy (non-hydrogen) atoms. The number of aliphatic hydroxyl groups excluding tert-OH is 1. The van der Waals surface area contributed by atoms with Crippen LogP contribution in [0, 0.1) is 0 Å². The Balaban J connectivity index is 2.04. The average Bonchev–Trinajstić information content (AvgIpc) is 2.96. The number of ether oxygens (including phenoxy) is 1. The quantitative estimate of drug-likeness (QED) is 0.386. The van der Waals surface area contributed by atoms with Crippen molar-refractivity contribution in [3.8, 4) is 0 Å². The first-order valence-electron chi connectivity index (χ1n) is 9.43. The molecule has 0 saturated carbocycles. The molecule has 0 saturated heterocycles. The standard InChI is InChI=1S/C19H29N3O2S2/c1-5-7-8-25-18-21-16(20-12(6-2)10-23)15-13-9-19(3,4)24-11-14(13)26-17(15)22-18/h12,23H,5-11H2,1-4H3,(H,20,21,22)/t12-/m1/s1. The fourth-order valence-electron chi connectivity index (χ4n) is 3.07. The summed E-state index contributed by atoms with van der Waals surface area (Å²) in [5.41, 5.74) is 1.13. The summed E-state index contributed by atoms with van der Waals surface area (Å²) in [6.45, 7) is 9.26.